The van der Waals surface area contributed by atoms with E-state index in [2.05, 4.69) is 6.92 Å². The van der Waals surface area contributed by atoms with Gasteiger partial charge in [-0.1, -0.05) is 6.42 Å². The Morgan fingerprint density at radius 1 is 1.25 bits per heavy atom. The molecule has 0 aliphatic carbocycles. The maximum absolute atomic E-state index is 10.7. The van der Waals surface area contributed by atoms with Gasteiger partial charge in [0.25, 0.3) is 0 Å². The molecule has 0 bridgehead atoms. The Morgan fingerprint density at radius 3 is 1.38 bits per heavy atom. The number of hydrogen-bond acceptors (Lipinski definition) is 0. The van der Waals surface area contributed by atoms with Crippen LogP contribution in [0.5, 0.6) is 0 Å². The van der Waals surface area contributed by atoms with Crippen LogP contribution in [0, 0.1) is 6.92 Å². The van der Waals surface area contributed by atoms with Crippen molar-refractivity contribution >= 4 is 17.0 Å². The molecule has 0 aliphatic rings. The Kier molecular flexibility index (Phi) is 12.0. The van der Waals surface area contributed by atoms with Crippen molar-refractivity contribution in [2.75, 3.05) is 0 Å². The molecule has 0 N–H and O–H groups in total. The van der Waals surface area contributed by atoms with Crippen LogP contribution in [0.15, 0.2) is 0 Å². The molecule has 0 aromatic rings. The predicted octanol–water partition coefficient (Wildman–Crippen LogP) is 2.35. The molecule has 0 fully saturated rings. The molecule has 8 heavy (non-hydrogen) atoms. The van der Waals surface area contributed by atoms with E-state index in [1.54, 1.807) is 0 Å². The van der Waals surface area contributed by atoms with E-state index in [4.69, 9.17) is 0 Å². The van der Waals surface area contributed by atoms with E-state index in [0.717, 1.165) is 0 Å². The molecular weight excluding hydrogens is 238 g/mol. The van der Waals surface area contributed by atoms with Crippen molar-refractivity contribution < 1.29 is 32.6 Å². The Morgan fingerprint density at radius 2 is 1.38 bits per heavy atom. The second-order valence-corrected chi connectivity index (χ2v) is 0.865. The minimum Gasteiger partial charge on any atom is -0.335 e. The Labute approximate surface area is 69.4 Å². The van der Waals surface area contributed by atoms with E-state index in [-0.39, 0.29) is 36.5 Å². The monoisotopic (exact) mass is 241 g/mol. The molecule has 0 spiro atoms. The molecule has 0 aliphatic heterocycles. The van der Waals surface area contributed by atoms with Gasteiger partial charge in [-0.2, -0.15) is 13.2 Å². The third-order valence-electron chi connectivity index (χ3n) is 0.283. The summed E-state index contributed by atoms with van der Waals surface area (Å²) in [6, 6.07) is 0. The van der Waals surface area contributed by atoms with E-state index in [1.165, 1.54) is 0 Å². The molecule has 48 valence electrons. The van der Waals surface area contributed by atoms with Gasteiger partial charge in [-0.3, -0.25) is 0 Å². The molecule has 5 heteroatoms. The molecule has 0 amide bonds. The maximum Gasteiger partial charge on any atom is 0.363 e. The summed E-state index contributed by atoms with van der Waals surface area (Å²) in [5.74, 6) is 0. The summed E-state index contributed by atoms with van der Waals surface area (Å²) >= 11 is 0. The molecule has 0 saturated carbocycles. The summed E-state index contributed by atoms with van der Waals surface area (Å²) in [7, 11) is 0. The Bertz CT molecular complexity index is 44.3. The zero-order valence-corrected chi connectivity index (χ0v) is 8.84. The minimum atomic E-state index is -4.07. The van der Waals surface area contributed by atoms with Gasteiger partial charge in [0.2, 0.25) is 0 Å². The fourth-order valence-electron chi connectivity index (χ4n) is 0. The first-order valence-electron chi connectivity index (χ1n) is 1.42. The fourth-order valence-corrected chi connectivity index (χ4v) is 0. The largest absolute Gasteiger partial charge is 0.363 e. The molecular formula is C3H5BrF3Zn-. The van der Waals surface area contributed by atoms with Crippen molar-refractivity contribution in [2.24, 2.45) is 0 Å². The molecule has 0 unspecified atom stereocenters. The molecule has 0 rings (SSSR count). The van der Waals surface area contributed by atoms with Gasteiger partial charge in [0, 0.05) is 19.5 Å². The van der Waals surface area contributed by atoms with Crippen molar-refractivity contribution in [3.63, 3.8) is 0 Å². The van der Waals surface area contributed by atoms with Crippen molar-refractivity contribution in [3.05, 3.63) is 6.92 Å². The van der Waals surface area contributed by atoms with E-state index in [0.29, 0.717) is 0 Å². The quantitative estimate of drug-likeness (QED) is 0.452. The van der Waals surface area contributed by atoms with Crippen LogP contribution >= 0.6 is 17.0 Å². The van der Waals surface area contributed by atoms with Crippen LogP contribution < -0.4 is 0 Å². The summed E-state index contributed by atoms with van der Waals surface area (Å²) < 4.78 is 32.2. The predicted molar refractivity (Wildman–Crippen MR) is 26.4 cm³/mol. The first kappa shape index (κ1) is 16.0. The number of hydrogen-bond donors (Lipinski definition) is 0. The van der Waals surface area contributed by atoms with Crippen LogP contribution in [0.1, 0.15) is 6.42 Å². The van der Waals surface area contributed by atoms with Crippen molar-refractivity contribution in [1.82, 2.24) is 0 Å². The average Bonchev–Trinajstić information content (AvgIpc) is 1.35. The van der Waals surface area contributed by atoms with Crippen LogP contribution in [-0.4, -0.2) is 6.18 Å². The Balaban J connectivity index is -0.000000125. The zero-order chi connectivity index (χ0) is 5.21. The van der Waals surface area contributed by atoms with Gasteiger partial charge in [0.1, 0.15) is 0 Å². The number of rotatable bonds is 0. The minimum absolute atomic E-state index is 0. The molecule has 0 saturated heterocycles. The SMILES string of the molecule is Br.[CH2-]CC(F)(F)F.[Zn]. The third-order valence-corrected chi connectivity index (χ3v) is 0.283. The normalized spacial score (nSPS) is 9.00. The van der Waals surface area contributed by atoms with E-state index < -0.39 is 12.6 Å². The number of alkyl halides is 3. The standard InChI is InChI=1S/C3H4F3.BrH.Zn/c1-2-3(4,5)6;;/h1-2H2;1H;/q-1;;. The topological polar surface area (TPSA) is 0 Å². The molecule has 0 atom stereocenters. The van der Waals surface area contributed by atoms with Crippen LogP contribution in [-0.2, 0) is 19.5 Å². The van der Waals surface area contributed by atoms with Gasteiger partial charge in [-0.05, 0) is 0 Å². The van der Waals surface area contributed by atoms with Crippen LogP contribution in [0.4, 0.5) is 13.2 Å². The van der Waals surface area contributed by atoms with E-state index in [1.807, 2.05) is 0 Å². The summed E-state index contributed by atoms with van der Waals surface area (Å²) in [6.07, 6.45) is -5.05. The summed E-state index contributed by atoms with van der Waals surface area (Å²) in [6.45, 7) is 2.63. The maximum atomic E-state index is 10.7. The average molecular weight is 243 g/mol. The van der Waals surface area contributed by atoms with Crippen molar-refractivity contribution in [2.45, 2.75) is 12.6 Å². The van der Waals surface area contributed by atoms with Gasteiger partial charge in [-0.25, -0.2) is 0 Å². The second-order valence-electron chi connectivity index (χ2n) is 0.865. The molecule has 0 nitrogen and oxygen atoms in total. The molecule has 0 aromatic heterocycles. The number of halogens is 4. The smallest absolute Gasteiger partial charge is 0.335 e. The van der Waals surface area contributed by atoms with Crippen LogP contribution in [0.2, 0.25) is 0 Å². The molecule has 0 heterocycles. The van der Waals surface area contributed by atoms with Crippen molar-refractivity contribution in [1.29, 1.82) is 0 Å². The van der Waals surface area contributed by atoms with E-state index >= 15 is 0 Å². The summed E-state index contributed by atoms with van der Waals surface area (Å²) in [5.41, 5.74) is 0. The van der Waals surface area contributed by atoms with Gasteiger partial charge in [0.15, 0.2) is 0 Å². The van der Waals surface area contributed by atoms with Gasteiger partial charge >= 0.3 is 6.18 Å². The summed E-state index contributed by atoms with van der Waals surface area (Å²) in [4.78, 5) is 0. The van der Waals surface area contributed by atoms with Gasteiger partial charge in [0.05, 0.1) is 0 Å². The Hall–Kier alpha value is 0.893. The van der Waals surface area contributed by atoms with Crippen LogP contribution in [0.25, 0.3) is 0 Å². The summed E-state index contributed by atoms with van der Waals surface area (Å²) in [5, 5.41) is 0. The zero-order valence-electron chi connectivity index (χ0n) is 4.16. The first-order valence-corrected chi connectivity index (χ1v) is 1.42. The third kappa shape index (κ3) is 15.8. The van der Waals surface area contributed by atoms with Crippen LogP contribution in [0.3, 0.4) is 0 Å². The molecule has 0 radical (unpaired) electrons. The second kappa shape index (κ2) is 6.02. The van der Waals surface area contributed by atoms with Gasteiger partial charge in [-0.15, -0.1) is 17.0 Å². The van der Waals surface area contributed by atoms with Gasteiger partial charge < -0.3 is 6.92 Å². The van der Waals surface area contributed by atoms with Crippen molar-refractivity contribution in [3.8, 4) is 0 Å². The molecule has 0 aromatic carbocycles. The van der Waals surface area contributed by atoms with E-state index in [9.17, 15) is 13.2 Å². The fraction of sp³-hybridized carbons (Fsp3) is 0.667. The first-order chi connectivity index (χ1) is 2.56.